The lowest BCUT2D eigenvalue weighted by molar-refractivity contribution is -0.485. The van der Waals surface area contributed by atoms with Crippen molar-refractivity contribution in [3.63, 3.8) is 0 Å². The van der Waals surface area contributed by atoms with Crippen molar-refractivity contribution >= 4 is 35.5 Å². The number of rotatable bonds is 20. The van der Waals surface area contributed by atoms with Crippen LogP contribution in [0.3, 0.4) is 0 Å². The van der Waals surface area contributed by atoms with E-state index in [1.54, 1.807) is 26.0 Å². The first-order chi connectivity index (χ1) is 22.1. The summed E-state index contributed by atoms with van der Waals surface area (Å²) in [5.74, 6) is -4.25. The summed E-state index contributed by atoms with van der Waals surface area (Å²) in [6.07, 6.45) is 0.536. The van der Waals surface area contributed by atoms with Gasteiger partial charge in [0.25, 0.3) is 11.9 Å². The van der Waals surface area contributed by atoms with E-state index >= 15 is 0 Å². The van der Waals surface area contributed by atoms with Crippen LogP contribution >= 0.6 is 0 Å². The molecular weight excluding hydrogens is 616 g/mol. The smallest absolute Gasteiger partial charge is 0.266 e. The van der Waals surface area contributed by atoms with Gasteiger partial charge in [-0.2, -0.15) is 0 Å². The molecule has 0 bridgehead atoms. The standard InChI is InChI=1S/C29H48N10O8/c1-16(2)12-21(24(31)41)35-26(43)20(6-5-11-33-29(32)38-39(46)47)34-27(44)22(13-17(3)4)36-28(45)23(15-40)37-25(42)19-9-7-18(14-30)8-10-19/h7-10,16-17,20-23,40H,5-6,11-15,30H2,1-4H3,(H2,31,41)(H,34,44)(H,35,43)(H,36,45)(H,37,42)(H3,32,33,38)/t20-,21-,22-,23-/m0/s1. The number of hydrazone groups is 1. The molecule has 0 radical (unpaired) electrons. The molecule has 0 unspecified atom stereocenters. The van der Waals surface area contributed by atoms with Crippen molar-refractivity contribution in [2.45, 2.75) is 84.1 Å². The van der Waals surface area contributed by atoms with Crippen LogP contribution in [0.2, 0.25) is 0 Å². The maximum Gasteiger partial charge on any atom is 0.266 e. The van der Waals surface area contributed by atoms with Crippen LogP contribution in [0.25, 0.3) is 0 Å². The van der Waals surface area contributed by atoms with Crippen LogP contribution in [0, 0.1) is 22.0 Å². The summed E-state index contributed by atoms with van der Waals surface area (Å²) in [4.78, 5) is 75.2. The summed E-state index contributed by atoms with van der Waals surface area (Å²) >= 11 is 0. The van der Waals surface area contributed by atoms with Crippen molar-refractivity contribution in [1.29, 1.82) is 0 Å². The minimum absolute atomic E-state index is 0.00444. The van der Waals surface area contributed by atoms with Gasteiger partial charge in [-0.1, -0.05) is 39.8 Å². The van der Waals surface area contributed by atoms with E-state index in [2.05, 4.69) is 31.7 Å². The molecule has 0 aromatic heterocycles. The molecule has 18 heteroatoms. The Morgan fingerprint density at radius 2 is 1.34 bits per heavy atom. The first kappa shape index (κ1) is 40.2. The molecule has 0 heterocycles. The summed E-state index contributed by atoms with van der Waals surface area (Å²) in [7, 11) is 0. The number of nitrogens with two attached hydrogens (primary N) is 3. The van der Waals surface area contributed by atoms with Gasteiger partial charge in [-0.15, -0.1) is 0 Å². The summed E-state index contributed by atoms with van der Waals surface area (Å²) in [5, 5.41) is 35.0. The summed E-state index contributed by atoms with van der Waals surface area (Å²) < 4.78 is 0. The first-order valence-corrected chi connectivity index (χ1v) is 15.2. The summed E-state index contributed by atoms with van der Waals surface area (Å²) in [6.45, 7) is 6.84. The van der Waals surface area contributed by atoms with E-state index in [4.69, 9.17) is 17.2 Å². The second-order valence-electron chi connectivity index (χ2n) is 11.7. The molecule has 18 nitrogen and oxygen atoms in total. The number of amides is 5. The Hall–Kier alpha value is -4.84. The number of aliphatic hydroxyl groups excluding tert-OH is 1. The minimum atomic E-state index is -1.40. The molecule has 0 aliphatic heterocycles. The van der Waals surface area contributed by atoms with Gasteiger partial charge in [0.2, 0.25) is 23.6 Å². The molecule has 4 atom stereocenters. The number of hydrogen-bond donors (Lipinski definition) is 9. The van der Waals surface area contributed by atoms with Gasteiger partial charge in [0.15, 0.2) is 5.03 Å². The fourth-order valence-corrected chi connectivity index (χ4v) is 4.38. The average Bonchev–Trinajstić information content (AvgIpc) is 2.99. The lowest BCUT2D eigenvalue weighted by atomic mass is 10.0. The SMILES string of the molecule is CC(C)C[C@H](NC(=O)[C@H](CCCN/C(N)=N\[N+](=O)[O-])NC(=O)[C@H](CC(C)C)NC(=O)[C@H](CO)NC(=O)c1ccc(CN)cc1)C(N)=O. The summed E-state index contributed by atoms with van der Waals surface area (Å²) in [5.41, 5.74) is 17.5. The van der Waals surface area contributed by atoms with E-state index in [1.807, 2.05) is 13.8 Å². The lowest BCUT2D eigenvalue weighted by Crippen LogP contribution is -2.58. The van der Waals surface area contributed by atoms with Crippen molar-refractivity contribution in [3.05, 3.63) is 45.5 Å². The predicted molar refractivity (Wildman–Crippen MR) is 172 cm³/mol. The van der Waals surface area contributed by atoms with Crippen LogP contribution in [0.5, 0.6) is 0 Å². The highest BCUT2D eigenvalue weighted by molar-refractivity contribution is 5.99. The fourth-order valence-electron chi connectivity index (χ4n) is 4.38. The van der Waals surface area contributed by atoms with Gasteiger partial charge in [-0.3, -0.25) is 24.0 Å². The molecule has 47 heavy (non-hydrogen) atoms. The second kappa shape index (κ2) is 20.3. The van der Waals surface area contributed by atoms with Crippen LogP contribution in [0.4, 0.5) is 0 Å². The fraction of sp³-hybridized carbons (Fsp3) is 0.586. The van der Waals surface area contributed by atoms with E-state index in [0.717, 1.165) is 5.56 Å². The molecule has 12 N–H and O–H groups in total. The Kier molecular flexibility index (Phi) is 17.4. The number of guanidine groups is 1. The van der Waals surface area contributed by atoms with Gasteiger partial charge >= 0.3 is 0 Å². The van der Waals surface area contributed by atoms with E-state index in [-0.39, 0.29) is 56.2 Å². The largest absolute Gasteiger partial charge is 0.394 e. The number of aliphatic hydroxyl groups is 1. The Bertz CT molecular complexity index is 1260. The molecule has 0 aliphatic carbocycles. The number of nitrogens with zero attached hydrogens (tertiary/aromatic N) is 2. The number of carbonyl (C=O) groups is 5. The van der Waals surface area contributed by atoms with Gasteiger partial charge in [0.1, 0.15) is 29.3 Å². The molecule has 262 valence electrons. The zero-order chi connectivity index (χ0) is 35.7. The van der Waals surface area contributed by atoms with Crippen LogP contribution in [-0.2, 0) is 25.7 Å². The molecule has 0 aliphatic rings. The van der Waals surface area contributed by atoms with Gasteiger partial charge in [-0.25, -0.2) is 10.1 Å². The maximum absolute atomic E-state index is 13.5. The Labute approximate surface area is 273 Å². The van der Waals surface area contributed by atoms with E-state index < -0.39 is 71.3 Å². The molecule has 5 amide bonds. The topological polar surface area (TPSA) is 299 Å². The van der Waals surface area contributed by atoms with Gasteiger partial charge in [-0.05, 0) is 55.2 Å². The molecule has 1 aromatic carbocycles. The van der Waals surface area contributed by atoms with E-state index in [1.165, 1.54) is 12.1 Å². The number of benzene rings is 1. The molecule has 0 spiro atoms. The van der Waals surface area contributed by atoms with Crippen molar-refractivity contribution in [1.82, 2.24) is 26.6 Å². The number of nitro groups is 1. The van der Waals surface area contributed by atoms with E-state index in [9.17, 15) is 39.2 Å². The van der Waals surface area contributed by atoms with Crippen molar-refractivity contribution in [2.75, 3.05) is 13.2 Å². The zero-order valence-electron chi connectivity index (χ0n) is 27.2. The van der Waals surface area contributed by atoms with Gasteiger partial charge in [0, 0.05) is 18.7 Å². The highest BCUT2D eigenvalue weighted by atomic mass is 16.7. The van der Waals surface area contributed by atoms with Crippen molar-refractivity contribution < 1.29 is 34.1 Å². The quantitative estimate of drug-likeness (QED) is 0.0245. The maximum atomic E-state index is 13.5. The number of nitrogens with one attached hydrogen (secondary N) is 5. The van der Waals surface area contributed by atoms with Crippen LogP contribution in [-0.4, -0.2) is 83.0 Å². The third-order valence-electron chi connectivity index (χ3n) is 6.76. The zero-order valence-corrected chi connectivity index (χ0v) is 27.2. The van der Waals surface area contributed by atoms with Crippen LogP contribution in [0.15, 0.2) is 29.4 Å². The van der Waals surface area contributed by atoms with E-state index in [0.29, 0.717) is 0 Å². The Morgan fingerprint density at radius 3 is 1.85 bits per heavy atom. The molecule has 1 rings (SSSR count). The number of hydrogen-bond acceptors (Lipinski definition) is 9. The van der Waals surface area contributed by atoms with Gasteiger partial charge in [0.05, 0.1) is 6.61 Å². The number of carbonyl (C=O) groups excluding carboxylic acids is 5. The second-order valence-corrected chi connectivity index (χ2v) is 11.7. The average molecular weight is 665 g/mol. The molecule has 0 saturated heterocycles. The minimum Gasteiger partial charge on any atom is -0.394 e. The van der Waals surface area contributed by atoms with Crippen LogP contribution in [0.1, 0.15) is 69.3 Å². The Balaban J connectivity index is 3.12. The normalized spacial score (nSPS) is 14.0. The van der Waals surface area contributed by atoms with Crippen molar-refractivity contribution in [3.8, 4) is 0 Å². The number of primary amides is 1. The predicted octanol–water partition coefficient (Wildman–Crippen LogP) is -1.86. The molecule has 0 saturated carbocycles. The van der Waals surface area contributed by atoms with Crippen LogP contribution < -0.4 is 43.8 Å². The molecular formula is C29H48N10O8. The third-order valence-corrected chi connectivity index (χ3v) is 6.76. The first-order valence-electron chi connectivity index (χ1n) is 15.2. The van der Waals surface area contributed by atoms with Gasteiger partial charge < -0.3 is 48.9 Å². The summed E-state index contributed by atoms with van der Waals surface area (Å²) in [6, 6.07) is 1.52. The molecule has 0 fully saturated rings. The third kappa shape index (κ3) is 15.3. The van der Waals surface area contributed by atoms with Crippen molar-refractivity contribution in [2.24, 2.45) is 34.1 Å². The Morgan fingerprint density at radius 1 is 0.830 bits per heavy atom. The monoisotopic (exact) mass is 664 g/mol. The lowest BCUT2D eigenvalue weighted by Gasteiger charge is -2.27. The highest BCUT2D eigenvalue weighted by Gasteiger charge is 2.31. The highest BCUT2D eigenvalue weighted by Crippen LogP contribution is 2.10. The molecule has 1 aromatic rings.